The van der Waals surface area contributed by atoms with E-state index in [4.69, 9.17) is 0 Å². The van der Waals surface area contributed by atoms with Crippen molar-refractivity contribution in [2.45, 2.75) is 45.1 Å². The van der Waals surface area contributed by atoms with E-state index in [0.29, 0.717) is 6.42 Å². The minimum Gasteiger partial charge on any atom is -0.469 e. The van der Waals surface area contributed by atoms with Crippen molar-refractivity contribution in [1.82, 2.24) is 0 Å². The molecule has 3 atom stereocenters. The summed E-state index contributed by atoms with van der Waals surface area (Å²) in [6, 6.07) is 0. The largest absolute Gasteiger partial charge is 0.469 e. The van der Waals surface area contributed by atoms with Gasteiger partial charge in [-0.15, -0.1) is 0 Å². The number of aliphatic hydroxyl groups is 1. The first kappa shape index (κ1) is 13.2. The molecule has 0 aromatic heterocycles. The summed E-state index contributed by atoms with van der Waals surface area (Å²) in [6.07, 6.45) is 8.05. The van der Waals surface area contributed by atoms with Crippen LogP contribution < -0.4 is 0 Å². The van der Waals surface area contributed by atoms with Gasteiger partial charge >= 0.3 is 5.97 Å². The number of methoxy groups -OCH3 is 1. The van der Waals surface area contributed by atoms with E-state index in [1.807, 2.05) is 0 Å². The average Bonchev–Trinajstić information content (AvgIpc) is 2.61. The quantitative estimate of drug-likeness (QED) is 0.578. The summed E-state index contributed by atoms with van der Waals surface area (Å²) in [5.74, 6) is 0.342. The number of allylic oxidation sites excluding steroid dienone is 2. The summed E-state index contributed by atoms with van der Waals surface area (Å²) in [4.78, 5) is 11.2. The van der Waals surface area contributed by atoms with Crippen LogP contribution in [0.1, 0.15) is 39.0 Å². The van der Waals surface area contributed by atoms with Crippen LogP contribution in [0.4, 0.5) is 0 Å². The standard InChI is InChI=1S/C13H22O3/c1-3-4-5-6-11-10(7-8-12(11)14)9-13(15)16-2/h4-5,10-12,14H,3,6-9H2,1-2H3/b5-4-/t10-,11-,12+/m1/s1. The van der Waals surface area contributed by atoms with Gasteiger partial charge in [0.05, 0.1) is 13.2 Å². The van der Waals surface area contributed by atoms with Gasteiger partial charge in [0.25, 0.3) is 0 Å². The Hall–Kier alpha value is -0.830. The monoisotopic (exact) mass is 226 g/mol. The second-order valence-corrected chi connectivity index (χ2v) is 4.46. The van der Waals surface area contributed by atoms with E-state index in [2.05, 4.69) is 23.8 Å². The molecule has 0 spiro atoms. The number of rotatable bonds is 5. The molecule has 0 aromatic carbocycles. The molecule has 1 rings (SSSR count). The smallest absolute Gasteiger partial charge is 0.305 e. The summed E-state index contributed by atoms with van der Waals surface area (Å²) in [6.45, 7) is 2.09. The van der Waals surface area contributed by atoms with Gasteiger partial charge in [0.2, 0.25) is 0 Å². The van der Waals surface area contributed by atoms with Crippen LogP contribution in [0.15, 0.2) is 12.2 Å². The summed E-state index contributed by atoms with van der Waals surface area (Å²) in [5, 5.41) is 9.86. The summed E-state index contributed by atoms with van der Waals surface area (Å²) in [5.41, 5.74) is 0. The molecule has 1 fully saturated rings. The fourth-order valence-corrected chi connectivity index (χ4v) is 2.45. The molecule has 0 saturated heterocycles. The Balaban J connectivity index is 2.48. The van der Waals surface area contributed by atoms with Crippen molar-refractivity contribution < 1.29 is 14.6 Å². The van der Waals surface area contributed by atoms with Gasteiger partial charge in [0.15, 0.2) is 0 Å². The van der Waals surface area contributed by atoms with Crippen LogP contribution in [0, 0.1) is 11.8 Å². The topological polar surface area (TPSA) is 46.5 Å². The molecular weight excluding hydrogens is 204 g/mol. The van der Waals surface area contributed by atoms with Gasteiger partial charge in [-0.05, 0) is 37.5 Å². The fraction of sp³-hybridized carbons (Fsp3) is 0.769. The maximum Gasteiger partial charge on any atom is 0.305 e. The predicted octanol–water partition coefficient (Wildman–Crippen LogP) is 2.29. The normalized spacial score (nSPS) is 29.8. The van der Waals surface area contributed by atoms with Crippen molar-refractivity contribution in [3.63, 3.8) is 0 Å². The van der Waals surface area contributed by atoms with E-state index in [9.17, 15) is 9.90 Å². The predicted molar refractivity (Wildman–Crippen MR) is 62.9 cm³/mol. The molecule has 1 aliphatic carbocycles. The van der Waals surface area contributed by atoms with Gasteiger partial charge in [0, 0.05) is 6.42 Å². The van der Waals surface area contributed by atoms with Gasteiger partial charge in [-0.25, -0.2) is 0 Å². The molecule has 0 heterocycles. The van der Waals surface area contributed by atoms with Crippen molar-refractivity contribution in [3.8, 4) is 0 Å². The minimum atomic E-state index is -0.254. The lowest BCUT2D eigenvalue weighted by atomic mass is 9.89. The second kappa shape index (κ2) is 6.69. The highest BCUT2D eigenvalue weighted by atomic mass is 16.5. The maximum absolute atomic E-state index is 11.2. The van der Waals surface area contributed by atoms with Crippen molar-refractivity contribution in [2.75, 3.05) is 7.11 Å². The molecule has 0 bridgehead atoms. The Bertz CT molecular complexity index is 248. The summed E-state index contributed by atoms with van der Waals surface area (Å²) in [7, 11) is 1.42. The second-order valence-electron chi connectivity index (χ2n) is 4.46. The molecule has 0 amide bonds. The first-order valence-electron chi connectivity index (χ1n) is 6.08. The maximum atomic E-state index is 11.2. The Labute approximate surface area is 97.5 Å². The molecule has 1 aliphatic rings. The van der Waals surface area contributed by atoms with E-state index in [0.717, 1.165) is 25.7 Å². The lowest BCUT2D eigenvalue weighted by Gasteiger charge is -2.19. The molecule has 0 radical (unpaired) electrons. The molecule has 0 aromatic rings. The van der Waals surface area contributed by atoms with Crippen molar-refractivity contribution in [1.29, 1.82) is 0 Å². The van der Waals surface area contributed by atoms with E-state index in [1.165, 1.54) is 7.11 Å². The van der Waals surface area contributed by atoms with E-state index in [1.54, 1.807) is 0 Å². The van der Waals surface area contributed by atoms with Gasteiger partial charge in [-0.3, -0.25) is 4.79 Å². The fourth-order valence-electron chi connectivity index (χ4n) is 2.45. The first-order chi connectivity index (χ1) is 7.69. The number of esters is 1. The SMILES string of the molecule is CC/C=C\C[C@@H]1[C@@H](CC(=O)OC)CC[C@@H]1O. The molecule has 92 valence electrons. The highest BCUT2D eigenvalue weighted by Crippen LogP contribution is 2.37. The van der Waals surface area contributed by atoms with Gasteiger partial charge < -0.3 is 9.84 Å². The van der Waals surface area contributed by atoms with Gasteiger partial charge in [-0.2, -0.15) is 0 Å². The van der Waals surface area contributed by atoms with Crippen molar-refractivity contribution in [3.05, 3.63) is 12.2 Å². The summed E-state index contributed by atoms with van der Waals surface area (Å²) < 4.78 is 4.68. The number of hydrogen-bond donors (Lipinski definition) is 1. The molecule has 0 aliphatic heterocycles. The molecule has 0 unspecified atom stereocenters. The van der Waals surface area contributed by atoms with Crippen LogP contribution in [0.5, 0.6) is 0 Å². The average molecular weight is 226 g/mol. The highest BCUT2D eigenvalue weighted by molar-refractivity contribution is 5.69. The van der Waals surface area contributed by atoms with Crippen molar-refractivity contribution >= 4 is 5.97 Å². The van der Waals surface area contributed by atoms with Gasteiger partial charge in [0.1, 0.15) is 0 Å². The number of carbonyl (C=O) groups is 1. The zero-order valence-corrected chi connectivity index (χ0v) is 10.2. The summed E-state index contributed by atoms with van der Waals surface area (Å²) >= 11 is 0. The van der Waals surface area contributed by atoms with Crippen LogP contribution in [-0.4, -0.2) is 24.3 Å². The van der Waals surface area contributed by atoms with E-state index < -0.39 is 0 Å². The van der Waals surface area contributed by atoms with Crippen molar-refractivity contribution in [2.24, 2.45) is 11.8 Å². The Morgan fingerprint density at radius 2 is 2.19 bits per heavy atom. The molecule has 3 nitrogen and oxygen atoms in total. The number of hydrogen-bond acceptors (Lipinski definition) is 3. The third-order valence-corrected chi connectivity index (χ3v) is 3.40. The van der Waals surface area contributed by atoms with Crippen LogP contribution in [0.3, 0.4) is 0 Å². The number of carbonyl (C=O) groups excluding carboxylic acids is 1. The molecule has 3 heteroatoms. The zero-order valence-electron chi connectivity index (χ0n) is 10.2. The Kier molecular flexibility index (Phi) is 5.53. The highest BCUT2D eigenvalue weighted by Gasteiger charge is 2.35. The van der Waals surface area contributed by atoms with Crippen LogP contribution in [0.2, 0.25) is 0 Å². The zero-order chi connectivity index (χ0) is 12.0. The minimum absolute atomic E-state index is 0.163. The van der Waals surface area contributed by atoms with Crippen LogP contribution in [0.25, 0.3) is 0 Å². The number of aliphatic hydroxyl groups excluding tert-OH is 1. The van der Waals surface area contributed by atoms with Crippen LogP contribution in [-0.2, 0) is 9.53 Å². The molecule has 1 saturated carbocycles. The molecule has 1 N–H and O–H groups in total. The first-order valence-corrected chi connectivity index (χ1v) is 6.08. The van der Waals surface area contributed by atoms with E-state index in [-0.39, 0.29) is 23.9 Å². The van der Waals surface area contributed by atoms with Gasteiger partial charge in [-0.1, -0.05) is 19.1 Å². The number of ether oxygens (including phenoxy) is 1. The third-order valence-electron chi connectivity index (χ3n) is 3.40. The Morgan fingerprint density at radius 3 is 2.81 bits per heavy atom. The Morgan fingerprint density at radius 1 is 1.44 bits per heavy atom. The third kappa shape index (κ3) is 3.63. The van der Waals surface area contributed by atoms with Crippen LogP contribution >= 0.6 is 0 Å². The lowest BCUT2D eigenvalue weighted by Crippen LogP contribution is -2.21. The molecular formula is C13H22O3. The lowest BCUT2D eigenvalue weighted by molar-refractivity contribution is -0.142. The molecule has 16 heavy (non-hydrogen) atoms. The van der Waals surface area contributed by atoms with E-state index >= 15 is 0 Å².